The number of hydrogen-bond donors (Lipinski definition) is 3. The quantitative estimate of drug-likeness (QED) is 0.453. The summed E-state index contributed by atoms with van der Waals surface area (Å²) in [6.45, 7) is 1.41. The first-order valence-corrected chi connectivity index (χ1v) is 10.8. The highest BCUT2D eigenvalue weighted by atomic mass is 16.4. The van der Waals surface area contributed by atoms with Crippen molar-refractivity contribution in [3.8, 4) is 0 Å². The zero-order valence-electron chi connectivity index (χ0n) is 18.2. The molecule has 2 rings (SSSR count). The van der Waals surface area contributed by atoms with E-state index < -0.39 is 17.4 Å². The van der Waals surface area contributed by atoms with Crippen LogP contribution in [0.1, 0.15) is 50.5 Å². The molecule has 30 heavy (non-hydrogen) atoms. The number of nitrogens with zero attached hydrogens (tertiary/aromatic N) is 1. The SMILES string of the molecule is CN(C)CCCNC(=O)[C@H](Cc1ccccc1)NC(=O)CC1(CC(=O)O)CCCC1. The van der Waals surface area contributed by atoms with Gasteiger partial charge in [-0.1, -0.05) is 43.2 Å². The number of hydrogen-bond acceptors (Lipinski definition) is 4. The van der Waals surface area contributed by atoms with Gasteiger partial charge in [-0.05, 0) is 50.9 Å². The summed E-state index contributed by atoms with van der Waals surface area (Å²) in [4.78, 5) is 39.0. The maximum absolute atomic E-state index is 12.8. The van der Waals surface area contributed by atoms with Crippen LogP contribution in [0.4, 0.5) is 0 Å². The molecule has 0 heterocycles. The fraction of sp³-hybridized carbons (Fsp3) is 0.609. The van der Waals surface area contributed by atoms with E-state index in [9.17, 15) is 19.5 Å². The Morgan fingerprint density at radius 3 is 2.37 bits per heavy atom. The largest absolute Gasteiger partial charge is 0.481 e. The molecule has 0 unspecified atom stereocenters. The van der Waals surface area contributed by atoms with Gasteiger partial charge in [0.15, 0.2) is 0 Å². The smallest absolute Gasteiger partial charge is 0.303 e. The second kappa shape index (κ2) is 11.7. The molecule has 0 bridgehead atoms. The fourth-order valence-corrected chi connectivity index (χ4v) is 4.24. The number of carboxylic acids is 1. The van der Waals surface area contributed by atoms with Gasteiger partial charge in [0, 0.05) is 19.4 Å². The third kappa shape index (κ3) is 8.14. The minimum Gasteiger partial charge on any atom is -0.481 e. The van der Waals surface area contributed by atoms with E-state index in [0.29, 0.717) is 13.0 Å². The molecule has 7 nitrogen and oxygen atoms in total. The van der Waals surface area contributed by atoms with Crippen molar-refractivity contribution in [2.75, 3.05) is 27.2 Å². The third-order valence-electron chi connectivity index (χ3n) is 5.74. The van der Waals surface area contributed by atoms with Gasteiger partial charge in [-0.15, -0.1) is 0 Å². The summed E-state index contributed by atoms with van der Waals surface area (Å²) >= 11 is 0. The average molecular weight is 418 g/mol. The Morgan fingerprint density at radius 2 is 1.77 bits per heavy atom. The second-order valence-electron chi connectivity index (χ2n) is 8.71. The molecule has 1 atom stereocenters. The van der Waals surface area contributed by atoms with Gasteiger partial charge in [-0.3, -0.25) is 14.4 Å². The van der Waals surface area contributed by atoms with Gasteiger partial charge < -0.3 is 20.6 Å². The number of aliphatic carboxylic acids is 1. The van der Waals surface area contributed by atoms with E-state index in [4.69, 9.17) is 0 Å². The molecule has 0 saturated heterocycles. The fourth-order valence-electron chi connectivity index (χ4n) is 4.24. The maximum Gasteiger partial charge on any atom is 0.303 e. The van der Waals surface area contributed by atoms with Gasteiger partial charge in [0.1, 0.15) is 6.04 Å². The highest BCUT2D eigenvalue weighted by Gasteiger charge is 2.38. The molecule has 0 aromatic heterocycles. The molecular weight excluding hydrogens is 382 g/mol. The van der Waals surface area contributed by atoms with Crippen molar-refractivity contribution < 1.29 is 19.5 Å². The van der Waals surface area contributed by atoms with Crippen molar-refractivity contribution in [2.45, 2.75) is 57.4 Å². The predicted molar refractivity (Wildman–Crippen MR) is 116 cm³/mol. The van der Waals surface area contributed by atoms with Gasteiger partial charge in [-0.25, -0.2) is 0 Å². The summed E-state index contributed by atoms with van der Waals surface area (Å²) in [6, 6.07) is 8.91. The van der Waals surface area contributed by atoms with Crippen molar-refractivity contribution in [3.05, 3.63) is 35.9 Å². The predicted octanol–water partition coefficient (Wildman–Crippen LogP) is 2.21. The van der Waals surface area contributed by atoms with Crippen LogP contribution in [0.15, 0.2) is 30.3 Å². The lowest BCUT2D eigenvalue weighted by molar-refractivity contribution is -0.140. The molecule has 166 valence electrons. The van der Waals surface area contributed by atoms with E-state index in [1.54, 1.807) is 0 Å². The van der Waals surface area contributed by atoms with Gasteiger partial charge >= 0.3 is 5.97 Å². The number of carbonyl (C=O) groups is 3. The zero-order valence-corrected chi connectivity index (χ0v) is 18.2. The molecule has 1 fully saturated rings. The lowest BCUT2D eigenvalue weighted by atomic mass is 9.79. The zero-order chi connectivity index (χ0) is 22.0. The van der Waals surface area contributed by atoms with Crippen LogP contribution in [0.2, 0.25) is 0 Å². The highest BCUT2D eigenvalue weighted by Crippen LogP contribution is 2.44. The number of benzene rings is 1. The van der Waals surface area contributed by atoms with Crippen LogP contribution in [-0.2, 0) is 20.8 Å². The first kappa shape index (κ1) is 23.9. The summed E-state index contributed by atoms with van der Waals surface area (Å²) < 4.78 is 0. The first-order chi connectivity index (χ1) is 14.3. The molecule has 2 amide bonds. The minimum absolute atomic E-state index is 0.000500. The van der Waals surface area contributed by atoms with Crippen LogP contribution in [0, 0.1) is 5.41 Å². The average Bonchev–Trinajstić information content (AvgIpc) is 3.12. The molecule has 0 spiro atoms. The molecule has 1 aliphatic carbocycles. The Kier molecular flexibility index (Phi) is 9.30. The molecule has 3 N–H and O–H groups in total. The number of amides is 2. The number of carbonyl (C=O) groups excluding carboxylic acids is 2. The number of carboxylic acid groups (broad SMARTS) is 1. The van der Waals surface area contributed by atoms with E-state index in [2.05, 4.69) is 15.5 Å². The Labute approximate surface area is 179 Å². The Morgan fingerprint density at radius 1 is 1.10 bits per heavy atom. The monoisotopic (exact) mass is 417 g/mol. The van der Waals surface area contributed by atoms with Crippen LogP contribution in [0.25, 0.3) is 0 Å². The van der Waals surface area contributed by atoms with Crippen molar-refractivity contribution in [1.29, 1.82) is 0 Å². The van der Waals surface area contributed by atoms with Crippen molar-refractivity contribution in [2.24, 2.45) is 5.41 Å². The van der Waals surface area contributed by atoms with Crippen molar-refractivity contribution in [1.82, 2.24) is 15.5 Å². The molecule has 0 radical (unpaired) electrons. The van der Waals surface area contributed by atoms with Crippen LogP contribution in [-0.4, -0.2) is 61.0 Å². The number of rotatable bonds is 12. The summed E-state index contributed by atoms with van der Waals surface area (Å²) in [5.41, 5.74) is 0.474. The molecule has 0 aliphatic heterocycles. The minimum atomic E-state index is -0.871. The van der Waals surface area contributed by atoms with Crippen LogP contribution < -0.4 is 10.6 Å². The third-order valence-corrected chi connectivity index (χ3v) is 5.74. The molecule has 1 aromatic carbocycles. The lowest BCUT2D eigenvalue weighted by Gasteiger charge is -2.27. The summed E-state index contributed by atoms with van der Waals surface area (Å²) in [5, 5.41) is 15.1. The Bertz CT molecular complexity index is 700. The van der Waals surface area contributed by atoms with Gasteiger partial charge in [0.25, 0.3) is 0 Å². The van der Waals surface area contributed by atoms with Crippen molar-refractivity contribution in [3.63, 3.8) is 0 Å². The summed E-state index contributed by atoms with van der Waals surface area (Å²) in [5.74, 6) is -1.32. The lowest BCUT2D eigenvalue weighted by Crippen LogP contribution is -2.49. The van der Waals surface area contributed by atoms with E-state index in [1.165, 1.54) is 0 Å². The molecule has 1 aromatic rings. The Hall–Kier alpha value is -2.41. The molecule has 7 heteroatoms. The molecule has 1 saturated carbocycles. The van der Waals surface area contributed by atoms with Crippen LogP contribution >= 0.6 is 0 Å². The molecular formula is C23H35N3O4. The second-order valence-corrected chi connectivity index (χ2v) is 8.71. The standard InChI is InChI=1S/C23H35N3O4/c1-26(2)14-8-13-24-22(30)19(15-18-9-4-3-5-10-18)25-20(27)16-23(17-21(28)29)11-6-7-12-23/h3-5,9-10,19H,6-8,11-17H2,1-2H3,(H,24,30)(H,25,27)(H,28,29)/t19-/m0/s1. The topological polar surface area (TPSA) is 98.7 Å². The normalized spacial score (nSPS) is 16.2. The van der Waals surface area contributed by atoms with E-state index >= 15 is 0 Å². The molecule has 1 aliphatic rings. The Balaban J connectivity index is 2.01. The van der Waals surface area contributed by atoms with Crippen molar-refractivity contribution >= 4 is 17.8 Å². The van der Waals surface area contributed by atoms with Gasteiger partial charge in [0.05, 0.1) is 6.42 Å². The van der Waals surface area contributed by atoms with Crippen LogP contribution in [0.3, 0.4) is 0 Å². The van der Waals surface area contributed by atoms with Gasteiger partial charge in [0.2, 0.25) is 11.8 Å². The van der Waals surface area contributed by atoms with E-state index in [-0.39, 0.29) is 24.7 Å². The maximum atomic E-state index is 12.8. The van der Waals surface area contributed by atoms with Gasteiger partial charge in [-0.2, -0.15) is 0 Å². The number of nitrogens with one attached hydrogen (secondary N) is 2. The summed E-state index contributed by atoms with van der Waals surface area (Å²) in [6.07, 6.45) is 4.75. The first-order valence-electron chi connectivity index (χ1n) is 10.8. The van der Waals surface area contributed by atoms with Crippen LogP contribution in [0.5, 0.6) is 0 Å². The highest BCUT2D eigenvalue weighted by molar-refractivity contribution is 5.88. The van der Waals surface area contributed by atoms with E-state index in [1.807, 2.05) is 44.4 Å². The van der Waals surface area contributed by atoms with E-state index in [0.717, 1.165) is 44.2 Å². The summed E-state index contributed by atoms with van der Waals surface area (Å²) in [7, 11) is 3.96.